The predicted molar refractivity (Wildman–Crippen MR) is 231 cm³/mol. The number of benzene rings is 8. The highest BCUT2D eigenvalue weighted by atomic mass is 32.1. The van der Waals surface area contributed by atoms with Gasteiger partial charge in [-0.25, -0.2) is 15.0 Å². The number of aromatic nitrogens is 3. The molecule has 0 atom stereocenters. The van der Waals surface area contributed by atoms with Crippen molar-refractivity contribution in [2.24, 2.45) is 0 Å². The van der Waals surface area contributed by atoms with Crippen molar-refractivity contribution in [1.29, 1.82) is 0 Å². The van der Waals surface area contributed by atoms with Crippen molar-refractivity contribution >= 4 is 31.5 Å². The summed E-state index contributed by atoms with van der Waals surface area (Å²) in [5.41, 5.74) is 11.8. The highest BCUT2D eigenvalue weighted by Crippen LogP contribution is 2.45. The molecule has 10 rings (SSSR count). The summed E-state index contributed by atoms with van der Waals surface area (Å²) < 4.78 is 2.55. The molecular formula is C51H33N3S. The molecule has 2 heterocycles. The number of hydrogen-bond donors (Lipinski definition) is 0. The first-order valence-corrected chi connectivity index (χ1v) is 19.3. The van der Waals surface area contributed by atoms with Gasteiger partial charge < -0.3 is 0 Å². The Morgan fingerprint density at radius 2 is 0.745 bits per heavy atom. The molecule has 0 amide bonds. The van der Waals surface area contributed by atoms with Crippen molar-refractivity contribution in [2.75, 3.05) is 0 Å². The van der Waals surface area contributed by atoms with Crippen molar-refractivity contribution in [3.8, 4) is 78.7 Å². The van der Waals surface area contributed by atoms with E-state index in [9.17, 15) is 0 Å². The van der Waals surface area contributed by atoms with E-state index in [0.717, 1.165) is 50.1 Å². The first-order chi connectivity index (χ1) is 27.3. The first-order valence-electron chi connectivity index (χ1n) is 18.4. The highest BCUT2D eigenvalue weighted by molar-refractivity contribution is 7.26. The predicted octanol–water partition coefficient (Wildman–Crippen LogP) is 13.9. The van der Waals surface area contributed by atoms with Gasteiger partial charge in [-0.1, -0.05) is 194 Å². The molecule has 0 N–H and O–H groups in total. The third-order valence-corrected chi connectivity index (χ3v) is 11.4. The molecule has 0 radical (unpaired) electrons. The quantitative estimate of drug-likeness (QED) is 0.165. The Morgan fingerprint density at radius 3 is 1.49 bits per heavy atom. The lowest BCUT2D eigenvalue weighted by atomic mass is 9.89. The molecule has 0 spiro atoms. The lowest BCUT2D eigenvalue weighted by molar-refractivity contribution is 1.07. The van der Waals surface area contributed by atoms with Crippen molar-refractivity contribution in [1.82, 2.24) is 15.0 Å². The van der Waals surface area contributed by atoms with Gasteiger partial charge in [0.2, 0.25) is 0 Å². The van der Waals surface area contributed by atoms with E-state index in [1.807, 2.05) is 23.5 Å². The maximum atomic E-state index is 5.35. The molecule has 0 aliphatic rings. The summed E-state index contributed by atoms with van der Waals surface area (Å²) in [6, 6.07) is 70.3. The van der Waals surface area contributed by atoms with Crippen LogP contribution in [0, 0.1) is 0 Å². The molecular weight excluding hydrogens is 687 g/mol. The van der Waals surface area contributed by atoms with Crippen molar-refractivity contribution in [3.05, 3.63) is 200 Å². The van der Waals surface area contributed by atoms with Gasteiger partial charge in [-0.15, -0.1) is 11.3 Å². The normalized spacial score (nSPS) is 11.3. The molecule has 2 aromatic heterocycles. The second-order valence-corrected chi connectivity index (χ2v) is 14.6. The van der Waals surface area contributed by atoms with Crippen LogP contribution in [0.2, 0.25) is 0 Å². The summed E-state index contributed by atoms with van der Waals surface area (Å²) in [6.07, 6.45) is 0. The maximum absolute atomic E-state index is 5.35. The monoisotopic (exact) mass is 719 g/mol. The van der Waals surface area contributed by atoms with Gasteiger partial charge in [0.1, 0.15) is 0 Å². The van der Waals surface area contributed by atoms with Crippen LogP contribution in [-0.2, 0) is 0 Å². The van der Waals surface area contributed by atoms with Crippen LogP contribution in [0.4, 0.5) is 0 Å². The smallest absolute Gasteiger partial charge is 0.164 e. The Bertz CT molecular complexity index is 2950. The Kier molecular flexibility index (Phi) is 8.36. The Labute approximate surface area is 323 Å². The third kappa shape index (κ3) is 6.09. The fourth-order valence-electron chi connectivity index (χ4n) is 7.57. The summed E-state index contributed by atoms with van der Waals surface area (Å²) in [5, 5.41) is 2.55. The summed E-state index contributed by atoms with van der Waals surface area (Å²) in [5.74, 6) is 1.88. The SMILES string of the molecule is c1ccc(-c2ccc(-c3nc(-c4ccccc4-c4ccccc4)nc(-c4cccc(-c5cccc6c5sc5ccccc56)c4-c4ccccc4)n3)cc2)cc1. The van der Waals surface area contributed by atoms with E-state index in [1.165, 1.54) is 31.3 Å². The Hall–Kier alpha value is -7.01. The number of rotatable bonds is 7. The van der Waals surface area contributed by atoms with E-state index in [-0.39, 0.29) is 0 Å². The zero-order valence-corrected chi connectivity index (χ0v) is 30.6. The summed E-state index contributed by atoms with van der Waals surface area (Å²) in [7, 11) is 0. The van der Waals surface area contributed by atoms with Gasteiger partial charge in [0.05, 0.1) is 0 Å². The minimum absolute atomic E-state index is 0.624. The minimum atomic E-state index is 0.624. The summed E-state index contributed by atoms with van der Waals surface area (Å²) in [6.45, 7) is 0. The molecule has 0 bridgehead atoms. The average molecular weight is 720 g/mol. The van der Waals surface area contributed by atoms with E-state index >= 15 is 0 Å². The maximum Gasteiger partial charge on any atom is 0.164 e. The molecule has 0 saturated heterocycles. The molecule has 258 valence electrons. The molecule has 0 fully saturated rings. The standard InChI is InChI=1S/C51H33N3S/c1-4-16-34(17-5-1)35-30-32-38(33-31-35)49-52-50(44-24-11-10-22-39(44)36-18-6-2-7-19-36)54-51(53-49)45-28-14-25-41(47(45)37-20-8-3-9-21-37)43-27-15-26-42-40-23-12-13-29-46(40)55-48(42)43/h1-33H. The van der Waals surface area contributed by atoms with Gasteiger partial charge in [0, 0.05) is 48.0 Å². The van der Waals surface area contributed by atoms with E-state index in [4.69, 9.17) is 15.0 Å². The van der Waals surface area contributed by atoms with E-state index < -0.39 is 0 Å². The average Bonchev–Trinajstić information content (AvgIpc) is 3.66. The molecule has 0 aliphatic heterocycles. The zero-order valence-electron chi connectivity index (χ0n) is 29.8. The second kappa shape index (κ2) is 14.1. The molecule has 0 aliphatic carbocycles. The van der Waals surface area contributed by atoms with Gasteiger partial charge in [0.25, 0.3) is 0 Å². The molecule has 55 heavy (non-hydrogen) atoms. The van der Waals surface area contributed by atoms with Crippen LogP contribution in [-0.4, -0.2) is 15.0 Å². The second-order valence-electron chi connectivity index (χ2n) is 13.5. The lowest BCUT2D eigenvalue weighted by Crippen LogP contribution is -2.02. The van der Waals surface area contributed by atoms with Gasteiger partial charge in [-0.05, 0) is 39.4 Å². The topological polar surface area (TPSA) is 38.7 Å². The Balaban J connectivity index is 1.22. The van der Waals surface area contributed by atoms with E-state index in [1.54, 1.807) is 0 Å². The first kappa shape index (κ1) is 32.6. The molecule has 0 saturated carbocycles. The van der Waals surface area contributed by atoms with Crippen molar-refractivity contribution < 1.29 is 0 Å². The minimum Gasteiger partial charge on any atom is -0.208 e. The van der Waals surface area contributed by atoms with Crippen LogP contribution in [0.5, 0.6) is 0 Å². The molecule has 8 aromatic carbocycles. The zero-order chi connectivity index (χ0) is 36.6. The van der Waals surface area contributed by atoms with Gasteiger partial charge in [-0.2, -0.15) is 0 Å². The summed E-state index contributed by atoms with van der Waals surface area (Å²) in [4.78, 5) is 15.9. The molecule has 0 unspecified atom stereocenters. The van der Waals surface area contributed by atoms with Crippen LogP contribution in [0.15, 0.2) is 200 Å². The third-order valence-electron chi connectivity index (χ3n) is 10.2. The highest BCUT2D eigenvalue weighted by Gasteiger charge is 2.21. The van der Waals surface area contributed by atoms with E-state index in [0.29, 0.717) is 17.5 Å². The molecule has 3 nitrogen and oxygen atoms in total. The number of nitrogens with zero attached hydrogens (tertiary/aromatic N) is 3. The lowest BCUT2D eigenvalue weighted by Gasteiger charge is -2.17. The molecule has 10 aromatic rings. The van der Waals surface area contributed by atoms with E-state index in [2.05, 4.69) is 188 Å². The Morgan fingerprint density at radius 1 is 0.273 bits per heavy atom. The van der Waals surface area contributed by atoms with Crippen LogP contribution in [0.1, 0.15) is 0 Å². The number of thiophene rings is 1. The van der Waals surface area contributed by atoms with Crippen LogP contribution >= 0.6 is 11.3 Å². The molecule has 4 heteroatoms. The fraction of sp³-hybridized carbons (Fsp3) is 0. The fourth-order valence-corrected chi connectivity index (χ4v) is 8.80. The largest absolute Gasteiger partial charge is 0.208 e. The summed E-state index contributed by atoms with van der Waals surface area (Å²) >= 11 is 1.85. The number of hydrogen-bond acceptors (Lipinski definition) is 4. The van der Waals surface area contributed by atoms with Crippen LogP contribution < -0.4 is 0 Å². The van der Waals surface area contributed by atoms with Crippen molar-refractivity contribution in [3.63, 3.8) is 0 Å². The van der Waals surface area contributed by atoms with Gasteiger partial charge in [-0.3, -0.25) is 0 Å². The van der Waals surface area contributed by atoms with Crippen molar-refractivity contribution in [2.45, 2.75) is 0 Å². The van der Waals surface area contributed by atoms with Gasteiger partial charge in [0.15, 0.2) is 17.5 Å². The van der Waals surface area contributed by atoms with Crippen LogP contribution in [0.3, 0.4) is 0 Å². The number of fused-ring (bicyclic) bond motifs is 3. The van der Waals surface area contributed by atoms with Crippen LogP contribution in [0.25, 0.3) is 98.8 Å². The van der Waals surface area contributed by atoms with Gasteiger partial charge >= 0.3 is 0 Å².